The summed E-state index contributed by atoms with van der Waals surface area (Å²) in [5, 5.41) is 2.92. The Bertz CT molecular complexity index is 650. The lowest BCUT2D eigenvalue weighted by atomic mass is 10.0. The van der Waals surface area contributed by atoms with Gasteiger partial charge in [-0.05, 0) is 54.5 Å². The SMILES string of the molecule is CSc1ccc(CNC(=O)C(C)Oc2ccc(C(C)C)cc2)cc1. The zero-order valence-electron chi connectivity index (χ0n) is 14.7. The summed E-state index contributed by atoms with van der Waals surface area (Å²) in [7, 11) is 0. The first-order chi connectivity index (χ1) is 11.5. The Kier molecular flexibility index (Phi) is 6.73. The number of carbonyl (C=O) groups excluding carboxylic acids is 1. The minimum Gasteiger partial charge on any atom is -0.481 e. The zero-order valence-corrected chi connectivity index (χ0v) is 15.5. The smallest absolute Gasteiger partial charge is 0.261 e. The summed E-state index contributed by atoms with van der Waals surface area (Å²) in [6.07, 6.45) is 1.52. The molecule has 0 spiro atoms. The highest BCUT2D eigenvalue weighted by Gasteiger charge is 2.14. The van der Waals surface area contributed by atoms with Crippen LogP contribution < -0.4 is 10.1 Å². The van der Waals surface area contributed by atoms with Crippen molar-refractivity contribution >= 4 is 17.7 Å². The van der Waals surface area contributed by atoms with Gasteiger partial charge in [0, 0.05) is 11.4 Å². The van der Waals surface area contributed by atoms with E-state index in [2.05, 4.69) is 31.3 Å². The molecule has 3 nitrogen and oxygen atoms in total. The average molecular weight is 343 g/mol. The molecule has 0 aliphatic heterocycles. The zero-order chi connectivity index (χ0) is 17.5. The molecule has 0 saturated carbocycles. The normalized spacial score (nSPS) is 12.0. The molecule has 24 heavy (non-hydrogen) atoms. The van der Waals surface area contributed by atoms with E-state index in [9.17, 15) is 4.79 Å². The highest BCUT2D eigenvalue weighted by molar-refractivity contribution is 7.98. The van der Waals surface area contributed by atoms with E-state index in [4.69, 9.17) is 4.74 Å². The summed E-state index contributed by atoms with van der Waals surface area (Å²) in [5.41, 5.74) is 2.34. The lowest BCUT2D eigenvalue weighted by Gasteiger charge is -2.15. The summed E-state index contributed by atoms with van der Waals surface area (Å²) >= 11 is 1.70. The first kappa shape index (κ1) is 18.4. The van der Waals surface area contributed by atoms with Crippen molar-refractivity contribution in [3.63, 3.8) is 0 Å². The second-order valence-corrected chi connectivity index (χ2v) is 6.93. The first-order valence-electron chi connectivity index (χ1n) is 8.17. The number of hydrogen-bond donors (Lipinski definition) is 1. The third-order valence-corrected chi connectivity index (χ3v) is 4.60. The molecule has 1 unspecified atom stereocenters. The number of thioether (sulfide) groups is 1. The lowest BCUT2D eigenvalue weighted by Crippen LogP contribution is -2.35. The minimum atomic E-state index is -0.527. The van der Waals surface area contributed by atoms with Gasteiger partial charge in [-0.2, -0.15) is 0 Å². The van der Waals surface area contributed by atoms with Crippen LogP contribution >= 0.6 is 11.8 Å². The molecule has 1 amide bonds. The maximum absolute atomic E-state index is 12.2. The van der Waals surface area contributed by atoms with Crippen molar-refractivity contribution in [2.45, 2.75) is 44.2 Å². The van der Waals surface area contributed by atoms with Gasteiger partial charge in [0.25, 0.3) is 5.91 Å². The molecular formula is C20H25NO2S. The van der Waals surface area contributed by atoms with Crippen LogP contribution in [0.3, 0.4) is 0 Å². The van der Waals surface area contributed by atoms with Gasteiger partial charge in [0.2, 0.25) is 0 Å². The molecule has 0 fully saturated rings. The fourth-order valence-corrected chi connectivity index (χ4v) is 2.67. The Morgan fingerprint density at radius 1 is 1.04 bits per heavy atom. The van der Waals surface area contributed by atoms with Crippen molar-refractivity contribution in [3.05, 3.63) is 59.7 Å². The van der Waals surface area contributed by atoms with Crippen LogP contribution in [0.25, 0.3) is 0 Å². The molecule has 4 heteroatoms. The molecular weight excluding hydrogens is 318 g/mol. The van der Waals surface area contributed by atoms with Gasteiger partial charge in [0.05, 0.1) is 0 Å². The van der Waals surface area contributed by atoms with Gasteiger partial charge in [-0.3, -0.25) is 4.79 Å². The number of benzene rings is 2. The average Bonchev–Trinajstić information content (AvgIpc) is 2.60. The number of amides is 1. The summed E-state index contributed by atoms with van der Waals surface area (Å²) in [6.45, 7) is 6.57. The highest BCUT2D eigenvalue weighted by Crippen LogP contribution is 2.19. The Labute approximate surface area is 148 Å². The standard InChI is InChI=1S/C20H25NO2S/c1-14(2)17-7-9-18(10-8-17)23-15(3)20(22)21-13-16-5-11-19(24-4)12-6-16/h5-12,14-15H,13H2,1-4H3,(H,21,22). The van der Waals surface area contributed by atoms with Crippen molar-refractivity contribution in [2.75, 3.05) is 6.26 Å². The van der Waals surface area contributed by atoms with E-state index in [0.717, 1.165) is 5.56 Å². The maximum Gasteiger partial charge on any atom is 0.261 e. The molecule has 128 valence electrons. The first-order valence-corrected chi connectivity index (χ1v) is 9.39. The second-order valence-electron chi connectivity index (χ2n) is 6.05. The third-order valence-electron chi connectivity index (χ3n) is 3.85. The number of rotatable bonds is 7. The van der Waals surface area contributed by atoms with Crippen molar-refractivity contribution in [1.29, 1.82) is 0 Å². The topological polar surface area (TPSA) is 38.3 Å². The molecule has 0 saturated heterocycles. The Morgan fingerprint density at radius 2 is 1.67 bits per heavy atom. The number of hydrogen-bond acceptors (Lipinski definition) is 3. The molecule has 0 radical (unpaired) electrons. The van der Waals surface area contributed by atoms with Crippen LogP contribution in [0.15, 0.2) is 53.4 Å². The van der Waals surface area contributed by atoms with E-state index < -0.39 is 6.10 Å². The Balaban J connectivity index is 1.84. The van der Waals surface area contributed by atoms with Gasteiger partial charge in [0.15, 0.2) is 6.10 Å². The highest BCUT2D eigenvalue weighted by atomic mass is 32.2. The van der Waals surface area contributed by atoms with E-state index in [-0.39, 0.29) is 5.91 Å². The maximum atomic E-state index is 12.2. The monoisotopic (exact) mass is 343 g/mol. The van der Waals surface area contributed by atoms with Crippen LogP contribution in [0.5, 0.6) is 5.75 Å². The molecule has 0 aliphatic carbocycles. The molecule has 2 aromatic rings. The summed E-state index contributed by atoms with van der Waals surface area (Å²) in [4.78, 5) is 13.4. The second kappa shape index (κ2) is 8.78. The molecule has 0 bridgehead atoms. The predicted molar refractivity (Wildman–Crippen MR) is 101 cm³/mol. The fraction of sp³-hybridized carbons (Fsp3) is 0.350. The number of nitrogens with one attached hydrogen (secondary N) is 1. The van der Waals surface area contributed by atoms with Gasteiger partial charge >= 0.3 is 0 Å². The van der Waals surface area contributed by atoms with Gasteiger partial charge in [0.1, 0.15) is 5.75 Å². The third kappa shape index (κ3) is 5.31. The minimum absolute atomic E-state index is 0.114. The van der Waals surface area contributed by atoms with Gasteiger partial charge in [-0.15, -0.1) is 11.8 Å². The summed E-state index contributed by atoms with van der Waals surface area (Å²) in [6, 6.07) is 16.1. The van der Waals surface area contributed by atoms with Crippen molar-refractivity contribution < 1.29 is 9.53 Å². The van der Waals surface area contributed by atoms with Crippen LogP contribution in [-0.2, 0) is 11.3 Å². The van der Waals surface area contributed by atoms with E-state index >= 15 is 0 Å². The number of ether oxygens (including phenoxy) is 1. The van der Waals surface area contributed by atoms with E-state index in [1.165, 1.54) is 10.5 Å². The van der Waals surface area contributed by atoms with Gasteiger partial charge < -0.3 is 10.1 Å². The molecule has 2 aromatic carbocycles. The summed E-state index contributed by atoms with van der Waals surface area (Å²) in [5.74, 6) is 1.08. The van der Waals surface area contributed by atoms with E-state index in [0.29, 0.717) is 18.2 Å². The molecule has 2 rings (SSSR count). The molecule has 1 atom stereocenters. The van der Waals surface area contributed by atoms with Crippen molar-refractivity contribution in [1.82, 2.24) is 5.32 Å². The molecule has 0 aromatic heterocycles. The van der Waals surface area contributed by atoms with Crippen LogP contribution in [-0.4, -0.2) is 18.3 Å². The van der Waals surface area contributed by atoms with Crippen molar-refractivity contribution in [3.8, 4) is 5.75 Å². The van der Waals surface area contributed by atoms with Gasteiger partial charge in [-0.1, -0.05) is 38.1 Å². The quantitative estimate of drug-likeness (QED) is 0.746. The summed E-state index contributed by atoms with van der Waals surface area (Å²) < 4.78 is 5.72. The number of carbonyl (C=O) groups is 1. The van der Waals surface area contributed by atoms with Crippen LogP contribution in [0.1, 0.15) is 37.8 Å². The van der Waals surface area contributed by atoms with Gasteiger partial charge in [-0.25, -0.2) is 0 Å². The van der Waals surface area contributed by atoms with Crippen LogP contribution in [0, 0.1) is 0 Å². The Morgan fingerprint density at radius 3 is 2.21 bits per heavy atom. The van der Waals surface area contributed by atoms with Crippen LogP contribution in [0.2, 0.25) is 0 Å². The van der Waals surface area contributed by atoms with E-state index in [1.807, 2.05) is 42.7 Å². The van der Waals surface area contributed by atoms with Crippen molar-refractivity contribution in [2.24, 2.45) is 0 Å². The predicted octanol–water partition coefficient (Wildman–Crippen LogP) is 4.62. The molecule has 0 heterocycles. The molecule has 1 N–H and O–H groups in total. The van der Waals surface area contributed by atoms with E-state index in [1.54, 1.807) is 18.7 Å². The Hall–Kier alpha value is -1.94. The molecule has 0 aliphatic rings. The van der Waals surface area contributed by atoms with Crippen LogP contribution in [0.4, 0.5) is 0 Å². The largest absolute Gasteiger partial charge is 0.481 e. The fourth-order valence-electron chi connectivity index (χ4n) is 2.27. The lowest BCUT2D eigenvalue weighted by molar-refractivity contribution is -0.127.